The lowest BCUT2D eigenvalue weighted by Gasteiger charge is -2.38. The number of nitrogens with one attached hydrogen (secondary N) is 1. The molecule has 1 aliphatic rings. The number of carbonyl (C=O) groups excluding carboxylic acids is 1. The predicted molar refractivity (Wildman–Crippen MR) is 201 cm³/mol. The number of hydrogen-bond donors (Lipinski definition) is 1. The van der Waals surface area contributed by atoms with Gasteiger partial charge in [-0.2, -0.15) is 4.98 Å². The van der Waals surface area contributed by atoms with Crippen LogP contribution in [-0.2, 0) is 28.9 Å². The highest BCUT2D eigenvalue weighted by molar-refractivity contribution is 7.44. The van der Waals surface area contributed by atoms with E-state index in [9.17, 15) is 9.59 Å². The Labute approximate surface area is 306 Å². The molecule has 4 aromatic rings. The van der Waals surface area contributed by atoms with Crippen LogP contribution in [0, 0.1) is 0 Å². The number of benzene rings is 3. The number of aromatic nitrogens is 2. The maximum absolute atomic E-state index is 13.3. The molecule has 1 saturated heterocycles. The van der Waals surface area contributed by atoms with Gasteiger partial charge in [0.25, 0.3) is 8.53 Å². The molecule has 13 heteroatoms. The number of rotatable bonds is 16. The van der Waals surface area contributed by atoms with Gasteiger partial charge in [-0.1, -0.05) is 54.6 Å². The molecule has 0 saturated carbocycles. The van der Waals surface area contributed by atoms with Crippen molar-refractivity contribution in [1.29, 1.82) is 0 Å². The summed E-state index contributed by atoms with van der Waals surface area (Å²) in [6.45, 7) is 9.85. The van der Waals surface area contributed by atoms with E-state index in [1.807, 2.05) is 78.9 Å². The van der Waals surface area contributed by atoms with E-state index in [1.54, 1.807) is 33.6 Å². The highest BCUT2D eigenvalue weighted by Crippen LogP contribution is 2.50. The second kappa shape index (κ2) is 17.6. The van der Waals surface area contributed by atoms with E-state index in [4.69, 9.17) is 28.0 Å². The van der Waals surface area contributed by atoms with Gasteiger partial charge >= 0.3 is 5.69 Å². The van der Waals surface area contributed by atoms with Gasteiger partial charge in [0.05, 0.1) is 26.9 Å². The van der Waals surface area contributed by atoms with E-state index in [2.05, 4.69) is 42.7 Å². The second-order valence-corrected chi connectivity index (χ2v) is 14.5. The van der Waals surface area contributed by atoms with Crippen molar-refractivity contribution in [2.75, 3.05) is 33.3 Å². The lowest BCUT2D eigenvalue weighted by molar-refractivity contribution is -0.114. The molecule has 0 spiro atoms. The molecule has 0 aliphatic carbocycles. The number of carbonyl (C=O) groups is 1. The molecule has 1 aromatic heterocycles. The predicted octanol–water partition coefficient (Wildman–Crippen LogP) is 6.89. The lowest BCUT2D eigenvalue weighted by atomic mass is 9.80. The van der Waals surface area contributed by atoms with Crippen LogP contribution in [0.25, 0.3) is 0 Å². The molecule has 1 aliphatic heterocycles. The SMILES string of the molecule is COc1ccc(C(OC[C@H]2O[C@@H](n3ccc(NC(C)=O)nc3=O)C[C@H]2OP(OC)N(C(C)C)C(C)C)(c2ccccc2)c2ccc(OC)cc2)cc1. The molecular weight excluding hydrogens is 683 g/mol. The minimum atomic E-state index is -1.51. The first-order valence-corrected chi connectivity index (χ1v) is 18.4. The first kappa shape index (κ1) is 39.1. The maximum atomic E-state index is 13.3. The third-order valence-corrected chi connectivity index (χ3v) is 11.0. The van der Waals surface area contributed by atoms with E-state index in [1.165, 1.54) is 11.5 Å². The van der Waals surface area contributed by atoms with Crippen molar-refractivity contribution < 1.29 is 32.8 Å². The molecule has 0 radical (unpaired) electrons. The molecular formula is C39H49N4O8P. The zero-order valence-electron chi connectivity index (χ0n) is 31.0. The van der Waals surface area contributed by atoms with Crippen LogP contribution in [0.15, 0.2) is 95.9 Å². The molecule has 1 fully saturated rings. The third-order valence-electron chi connectivity index (χ3n) is 8.89. The van der Waals surface area contributed by atoms with Crippen molar-refractivity contribution in [1.82, 2.24) is 14.2 Å². The Morgan fingerprint density at radius 1 is 0.904 bits per heavy atom. The number of hydrogen-bond acceptors (Lipinski definition) is 10. The molecule has 278 valence electrons. The molecule has 5 rings (SSSR count). The fraction of sp³-hybridized carbons (Fsp3) is 0.410. The average Bonchev–Trinajstić information content (AvgIpc) is 3.53. The number of nitrogens with zero attached hydrogens (tertiary/aromatic N) is 3. The number of anilines is 1. The van der Waals surface area contributed by atoms with Crippen molar-refractivity contribution in [3.63, 3.8) is 0 Å². The second-order valence-electron chi connectivity index (χ2n) is 13.0. The normalized spacial score (nSPS) is 18.2. The summed E-state index contributed by atoms with van der Waals surface area (Å²) in [7, 11) is 3.40. The van der Waals surface area contributed by atoms with Crippen molar-refractivity contribution in [2.45, 2.75) is 77.2 Å². The molecule has 1 unspecified atom stereocenters. The Balaban J connectivity index is 1.58. The summed E-state index contributed by atoms with van der Waals surface area (Å²) < 4.78 is 41.3. The van der Waals surface area contributed by atoms with E-state index >= 15 is 0 Å². The summed E-state index contributed by atoms with van der Waals surface area (Å²) in [5.41, 5.74) is 0.979. The van der Waals surface area contributed by atoms with Crippen molar-refractivity contribution in [3.8, 4) is 11.5 Å². The molecule has 3 aromatic carbocycles. The monoisotopic (exact) mass is 732 g/mol. The van der Waals surface area contributed by atoms with Crippen molar-refractivity contribution >= 4 is 20.3 Å². The van der Waals surface area contributed by atoms with Crippen LogP contribution in [-0.4, -0.2) is 72.4 Å². The molecule has 0 bridgehead atoms. The third kappa shape index (κ3) is 8.71. The minimum Gasteiger partial charge on any atom is -0.497 e. The van der Waals surface area contributed by atoms with Crippen molar-refractivity contribution in [3.05, 3.63) is 118 Å². The highest BCUT2D eigenvalue weighted by atomic mass is 31.2. The van der Waals surface area contributed by atoms with E-state index in [-0.39, 0.29) is 30.4 Å². The minimum absolute atomic E-state index is 0.0799. The van der Waals surface area contributed by atoms with Gasteiger partial charge in [0, 0.05) is 38.7 Å². The molecule has 1 N–H and O–H groups in total. The fourth-order valence-electron chi connectivity index (χ4n) is 6.58. The van der Waals surface area contributed by atoms with E-state index in [0.29, 0.717) is 17.9 Å². The number of ether oxygens (including phenoxy) is 4. The summed E-state index contributed by atoms with van der Waals surface area (Å²) in [5, 5.41) is 2.56. The van der Waals surface area contributed by atoms with Gasteiger partial charge in [0.15, 0.2) is 0 Å². The van der Waals surface area contributed by atoms with Crippen LogP contribution in [0.1, 0.15) is 64.0 Å². The smallest absolute Gasteiger partial charge is 0.351 e. The van der Waals surface area contributed by atoms with Gasteiger partial charge in [0.1, 0.15) is 35.2 Å². The Kier molecular flexibility index (Phi) is 13.2. The van der Waals surface area contributed by atoms with Gasteiger partial charge in [-0.3, -0.25) is 9.36 Å². The van der Waals surface area contributed by atoms with E-state index < -0.39 is 38.3 Å². The Bertz CT molecular complexity index is 1750. The largest absolute Gasteiger partial charge is 0.497 e. The molecule has 52 heavy (non-hydrogen) atoms. The van der Waals surface area contributed by atoms with E-state index in [0.717, 1.165) is 16.7 Å². The average molecular weight is 733 g/mol. The first-order valence-electron chi connectivity index (χ1n) is 17.3. The summed E-state index contributed by atoms with van der Waals surface area (Å²) in [4.78, 5) is 28.9. The topological polar surface area (TPSA) is 123 Å². The Morgan fingerprint density at radius 2 is 1.46 bits per heavy atom. The molecule has 2 heterocycles. The lowest BCUT2D eigenvalue weighted by Crippen LogP contribution is -2.39. The van der Waals surface area contributed by atoms with Crippen LogP contribution < -0.4 is 20.5 Å². The Morgan fingerprint density at radius 3 is 1.94 bits per heavy atom. The van der Waals surface area contributed by atoms with Crippen LogP contribution in [0.5, 0.6) is 11.5 Å². The molecule has 4 atom stereocenters. The van der Waals surface area contributed by atoms with Gasteiger partial charge in [-0.05, 0) is 74.7 Å². The standard InChI is InChI=1S/C39H49N4O8P/c1-26(2)43(27(3)4)52(48-8)51-34-24-37(42-23-22-36(40-28(5)44)41-38(42)45)50-35(34)25-49-39(29-12-10-9-11-13-29,30-14-18-32(46-6)19-15-30)31-16-20-33(47-7)21-17-31/h9-23,26-27,34-35,37H,24-25H2,1-8H3,(H,40,41,44,45)/t34-,35-,37-,52?/m1/s1. The summed E-state index contributed by atoms with van der Waals surface area (Å²) in [6, 6.07) is 27.5. The number of amides is 1. The fourth-order valence-corrected chi connectivity index (χ4v) is 8.17. The van der Waals surface area contributed by atoms with Gasteiger partial charge in [0.2, 0.25) is 5.91 Å². The number of methoxy groups -OCH3 is 2. The molecule has 1 amide bonds. The molecule has 12 nitrogen and oxygen atoms in total. The maximum Gasteiger partial charge on any atom is 0.351 e. The Hall–Kier alpha value is -4.16. The van der Waals surface area contributed by atoms with Crippen LogP contribution >= 0.6 is 8.53 Å². The van der Waals surface area contributed by atoms with Crippen molar-refractivity contribution in [2.24, 2.45) is 0 Å². The summed E-state index contributed by atoms with van der Waals surface area (Å²) >= 11 is 0. The summed E-state index contributed by atoms with van der Waals surface area (Å²) in [5.74, 6) is 1.27. The summed E-state index contributed by atoms with van der Waals surface area (Å²) in [6.07, 6.45) is 0.0109. The zero-order valence-corrected chi connectivity index (χ0v) is 31.9. The first-order chi connectivity index (χ1) is 25.0. The van der Waals surface area contributed by atoms with Gasteiger partial charge in [-0.15, -0.1) is 0 Å². The van der Waals surface area contributed by atoms with Gasteiger partial charge < -0.3 is 33.3 Å². The highest BCUT2D eigenvalue weighted by Gasteiger charge is 2.45. The van der Waals surface area contributed by atoms with Crippen LogP contribution in [0.4, 0.5) is 5.82 Å². The van der Waals surface area contributed by atoms with Crippen LogP contribution in [0.3, 0.4) is 0 Å². The quantitative estimate of drug-likeness (QED) is 0.0963. The van der Waals surface area contributed by atoms with Gasteiger partial charge in [-0.25, -0.2) is 9.46 Å². The van der Waals surface area contributed by atoms with Crippen LogP contribution in [0.2, 0.25) is 0 Å². The zero-order chi connectivity index (χ0) is 37.4.